The Morgan fingerprint density at radius 1 is 0.957 bits per heavy atom. The number of rotatable bonds is 6. The molecule has 0 unspecified atom stereocenters. The SMILES string of the molecule is CCN=C(C[S+]1CCCC1)c1ccc(Oc2ccccc2)cc1. The minimum Gasteiger partial charge on any atom is -0.457 e. The molecule has 2 aromatic rings. The van der Waals surface area contributed by atoms with Gasteiger partial charge in [0.15, 0.2) is 0 Å². The van der Waals surface area contributed by atoms with E-state index in [0.29, 0.717) is 10.9 Å². The van der Waals surface area contributed by atoms with Gasteiger partial charge in [-0.15, -0.1) is 0 Å². The van der Waals surface area contributed by atoms with Crippen molar-refractivity contribution >= 4 is 16.6 Å². The summed E-state index contributed by atoms with van der Waals surface area (Å²) in [5, 5.41) is 0. The minimum atomic E-state index is 0.542. The maximum Gasteiger partial charge on any atom is 0.150 e. The van der Waals surface area contributed by atoms with Gasteiger partial charge in [0.2, 0.25) is 0 Å². The smallest absolute Gasteiger partial charge is 0.150 e. The third-order valence-electron chi connectivity index (χ3n) is 3.97. The van der Waals surface area contributed by atoms with Gasteiger partial charge in [-0.05, 0) is 67.1 Å². The molecule has 120 valence electrons. The van der Waals surface area contributed by atoms with E-state index in [9.17, 15) is 0 Å². The lowest BCUT2D eigenvalue weighted by molar-refractivity contribution is 0.482. The van der Waals surface area contributed by atoms with Crippen LogP contribution >= 0.6 is 0 Å². The first-order chi connectivity index (χ1) is 11.3. The molecule has 0 atom stereocenters. The molecule has 0 radical (unpaired) electrons. The highest BCUT2D eigenvalue weighted by Gasteiger charge is 2.26. The Hall–Kier alpha value is -1.74. The molecule has 0 spiro atoms. The first-order valence-corrected chi connectivity index (χ1v) is 10.1. The standard InChI is InChI=1S/C20H24NOS/c1-2-21-20(16-23-14-6-7-15-23)17-10-12-19(13-11-17)22-18-8-4-3-5-9-18/h3-5,8-13H,2,6-7,14-16H2,1H3/q+1. The first-order valence-electron chi connectivity index (χ1n) is 8.36. The summed E-state index contributed by atoms with van der Waals surface area (Å²) in [6.07, 6.45) is 2.79. The van der Waals surface area contributed by atoms with Crippen molar-refractivity contribution in [3.63, 3.8) is 0 Å². The molecule has 1 aliphatic heterocycles. The summed E-state index contributed by atoms with van der Waals surface area (Å²) in [6, 6.07) is 18.3. The fraction of sp³-hybridized carbons (Fsp3) is 0.350. The number of ether oxygens (including phenoxy) is 1. The number of aliphatic imine (C=N–C) groups is 1. The summed E-state index contributed by atoms with van der Waals surface area (Å²) >= 11 is 0. The van der Waals surface area contributed by atoms with Gasteiger partial charge < -0.3 is 4.74 Å². The number of benzene rings is 2. The second-order valence-corrected chi connectivity index (χ2v) is 8.06. The fourth-order valence-corrected chi connectivity index (χ4v) is 5.17. The zero-order valence-corrected chi connectivity index (χ0v) is 14.5. The van der Waals surface area contributed by atoms with Gasteiger partial charge in [0, 0.05) is 12.1 Å². The summed E-state index contributed by atoms with van der Waals surface area (Å²) in [4.78, 5) is 4.75. The van der Waals surface area contributed by atoms with Crippen molar-refractivity contribution < 1.29 is 4.74 Å². The molecule has 0 amide bonds. The van der Waals surface area contributed by atoms with Gasteiger partial charge in [0.1, 0.15) is 28.8 Å². The molecule has 0 aromatic heterocycles. The molecule has 0 aliphatic carbocycles. The molecule has 2 aromatic carbocycles. The van der Waals surface area contributed by atoms with E-state index in [1.54, 1.807) is 0 Å². The number of nitrogens with zero attached hydrogens (tertiary/aromatic N) is 1. The first kappa shape index (κ1) is 16.1. The van der Waals surface area contributed by atoms with E-state index in [1.165, 1.54) is 35.6 Å². The minimum absolute atomic E-state index is 0.542. The van der Waals surface area contributed by atoms with E-state index in [4.69, 9.17) is 9.73 Å². The van der Waals surface area contributed by atoms with Gasteiger partial charge in [0.25, 0.3) is 0 Å². The van der Waals surface area contributed by atoms with Crippen LogP contribution in [0.1, 0.15) is 25.3 Å². The fourth-order valence-electron chi connectivity index (χ4n) is 2.80. The summed E-state index contributed by atoms with van der Waals surface area (Å²) in [5.41, 5.74) is 2.51. The lowest BCUT2D eigenvalue weighted by Crippen LogP contribution is -2.19. The third kappa shape index (κ3) is 4.61. The van der Waals surface area contributed by atoms with Crippen molar-refractivity contribution in [1.82, 2.24) is 0 Å². The van der Waals surface area contributed by atoms with Gasteiger partial charge in [0.05, 0.1) is 5.71 Å². The Morgan fingerprint density at radius 3 is 2.26 bits per heavy atom. The van der Waals surface area contributed by atoms with E-state index >= 15 is 0 Å². The van der Waals surface area contributed by atoms with Crippen molar-refractivity contribution in [2.75, 3.05) is 23.8 Å². The normalized spacial score (nSPS) is 15.8. The van der Waals surface area contributed by atoms with Crippen LogP contribution in [0.2, 0.25) is 0 Å². The molecule has 3 heteroatoms. The maximum absolute atomic E-state index is 5.87. The van der Waals surface area contributed by atoms with Crippen molar-refractivity contribution in [2.45, 2.75) is 19.8 Å². The zero-order chi connectivity index (χ0) is 15.9. The van der Waals surface area contributed by atoms with E-state index in [1.807, 2.05) is 42.5 Å². The Labute approximate surface area is 142 Å². The van der Waals surface area contributed by atoms with Crippen LogP contribution in [-0.4, -0.2) is 29.5 Å². The predicted octanol–water partition coefficient (Wildman–Crippen LogP) is 4.70. The highest BCUT2D eigenvalue weighted by atomic mass is 32.2. The quantitative estimate of drug-likeness (QED) is 0.557. The van der Waals surface area contributed by atoms with E-state index in [2.05, 4.69) is 19.1 Å². The van der Waals surface area contributed by atoms with Crippen LogP contribution in [0.3, 0.4) is 0 Å². The highest BCUT2D eigenvalue weighted by Crippen LogP contribution is 2.22. The molecule has 1 fully saturated rings. The molecule has 1 aliphatic rings. The molecule has 1 heterocycles. The van der Waals surface area contributed by atoms with E-state index in [0.717, 1.165) is 23.8 Å². The average Bonchev–Trinajstić information content (AvgIpc) is 3.09. The average molecular weight is 326 g/mol. The van der Waals surface area contributed by atoms with Crippen LogP contribution < -0.4 is 4.74 Å². The largest absolute Gasteiger partial charge is 0.457 e. The summed E-state index contributed by atoms with van der Waals surface area (Å²) in [7, 11) is 0.542. The molecule has 3 rings (SSSR count). The lowest BCUT2D eigenvalue weighted by atomic mass is 10.1. The zero-order valence-electron chi connectivity index (χ0n) is 13.7. The maximum atomic E-state index is 5.87. The molecule has 0 saturated carbocycles. The number of hydrogen-bond acceptors (Lipinski definition) is 2. The van der Waals surface area contributed by atoms with Crippen molar-refractivity contribution in [2.24, 2.45) is 4.99 Å². The lowest BCUT2D eigenvalue weighted by Gasteiger charge is -2.09. The van der Waals surface area contributed by atoms with E-state index < -0.39 is 0 Å². The van der Waals surface area contributed by atoms with Crippen molar-refractivity contribution in [3.05, 3.63) is 60.2 Å². The van der Waals surface area contributed by atoms with Gasteiger partial charge in [-0.25, -0.2) is 0 Å². The van der Waals surface area contributed by atoms with Gasteiger partial charge in [-0.1, -0.05) is 18.2 Å². The van der Waals surface area contributed by atoms with Gasteiger partial charge in [-0.3, -0.25) is 4.99 Å². The van der Waals surface area contributed by atoms with Crippen LogP contribution in [0.25, 0.3) is 0 Å². The topological polar surface area (TPSA) is 21.6 Å². The van der Waals surface area contributed by atoms with Crippen molar-refractivity contribution in [1.29, 1.82) is 0 Å². The van der Waals surface area contributed by atoms with Crippen LogP contribution in [-0.2, 0) is 10.9 Å². The Balaban J connectivity index is 1.70. The molecule has 0 bridgehead atoms. The van der Waals surface area contributed by atoms with Gasteiger partial charge >= 0.3 is 0 Å². The second-order valence-electron chi connectivity index (χ2n) is 5.73. The number of para-hydroxylation sites is 1. The van der Waals surface area contributed by atoms with Crippen LogP contribution in [0.4, 0.5) is 0 Å². The number of hydrogen-bond donors (Lipinski definition) is 0. The van der Waals surface area contributed by atoms with Crippen molar-refractivity contribution in [3.8, 4) is 11.5 Å². The van der Waals surface area contributed by atoms with Crippen LogP contribution in [0, 0.1) is 0 Å². The molecular formula is C20H24NOS+. The summed E-state index contributed by atoms with van der Waals surface area (Å²) in [5.74, 6) is 5.66. The molecule has 2 nitrogen and oxygen atoms in total. The molecular weight excluding hydrogens is 302 g/mol. The van der Waals surface area contributed by atoms with Crippen LogP contribution in [0.5, 0.6) is 11.5 Å². The predicted molar refractivity (Wildman–Crippen MR) is 101 cm³/mol. The Morgan fingerprint density at radius 2 is 1.61 bits per heavy atom. The Kier molecular flexibility index (Phi) is 5.76. The summed E-state index contributed by atoms with van der Waals surface area (Å²) in [6.45, 7) is 2.97. The van der Waals surface area contributed by atoms with Gasteiger partial charge in [-0.2, -0.15) is 0 Å². The monoisotopic (exact) mass is 326 g/mol. The third-order valence-corrected chi connectivity index (χ3v) is 6.39. The highest BCUT2D eigenvalue weighted by molar-refractivity contribution is 7.97. The molecule has 23 heavy (non-hydrogen) atoms. The van der Waals surface area contributed by atoms with Crippen LogP contribution in [0.15, 0.2) is 59.6 Å². The second kappa shape index (κ2) is 8.21. The molecule has 0 N–H and O–H groups in total. The van der Waals surface area contributed by atoms with E-state index in [-0.39, 0.29) is 0 Å². The Bertz CT molecular complexity index is 630. The molecule has 1 saturated heterocycles. The summed E-state index contributed by atoms with van der Waals surface area (Å²) < 4.78 is 5.87.